The van der Waals surface area contributed by atoms with Gasteiger partial charge in [-0.1, -0.05) is 54.1 Å². The Labute approximate surface area is 147 Å². The van der Waals surface area contributed by atoms with Crippen molar-refractivity contribution in [3.8, 4) is 0 Å². The second-order valence-electron chi connectivity index (χ2n) is 6.19. The lowest BCUT2D eigenvalue weighted by Gasteiger charge is -2.12. The van der Waals surface area contributed by atoms with E-state index in [-0.39, 0.29) is 0 Å². The third-order valence-corrected chi connectivity index (χ3v) is 4.79. The van der Waals surface area contributed by atoms with Crippen LogP contribution in [0.15, 0.2) is 66.7 Å². The monoisotopic (exact) mass is 331 g/mol. The first kappa shape index (κ1) is 15.0. The summed E-state index contributed by atoms with van der Waals surface area (Å²) in [5.41, 5.74) is 14.3. The Morgan fingerprint density at radius 1 is 0.792 bits per heavy atom. The standard InChI is InChI=1S/C22H18ClN/c23-18-10-11-21-17(14-18)9-8-16-5-1-2-7-20(16)22(21)13-15-4-3-6-19(24)12-15/h1-7,10-14H,8-9,24H2/b22-13-. The van der Waals surface area contributed by atoms with Gasteiger partial charge in [0.2, 0.25) is 0 Å². The van der Waals surface area contributed by atoms with Crippen LogP contribution in [-0.4, -0.2) is 0 Å². The molecule has 0 fully saturated rings. The summed E-state index contributed by atoms with van der Waals surface area (Å²) in [5.74, 6) is 0. The molecule has 24 heavy (non-hydrogen) atoms. The number of fused-ring (bicyclic) bond motifs is 2. The molecule has 0 unspecified atom stereocenters. The highest BCUT2D eigenvalue weighted by Crippen LogP contribution is 2.36. The number of nitrogen functional groups attached to an aromatic ring is 1. The Morgan fingerprint density at radius 2 is 1.58 bits per heavy atom. The maximum absolute atomic E-state index is 6.23. The van der Waals surface area contributed by atoms with Crippen LogP contribution in [0.4, 0.5) is 5.69 Å². The predicted molar refractivity (Wildman–Crippen MR) is 103 cm³/mol. The molecule has 0 atom stereocenters. The van der Waals surface area contributed by atoms with Gasteiger partial charge in [0.1, 0.15) is 0 Å². The Balaban J connectivity index is 1.97. The van der Waals surface area contributed by atoms with Gasteiger partial charge in [0, 0.05) is 10.7 Å². The minimum absolute atomic E-state index is 0.780. The molecule has 0 aliphatic heterocycles. The highest BCUT2D eigenvalue weighted by molar-refractivity contribution is 6.30. The number of rotatable bonds is 1. The Bertz CT molecular complexity index is 940. The van der Waals surface area contributed by atoms with E-state index in [9.17, 15) is 0 Å². The van der Waals surface area contributed by atoms with Crippen molar-refractivity contribution in [2.75, 3.05) is 5.73 Å². The molecule has 118 valence electrons. The average molecular weight is 332 g/mol. The number of nitrogens with two attached hydrogens (primary N) is 1. The van der Waals surface area contributed by atoms with E-state index >= 15 is 0 Å². The van der Waals surface area contributed by atoms with E-state index in [2.05, 4.69) is 48.5 Å². The van der Waals surface area contributed by atoms with Gasteiger partial charge >= 0.3 is 0 Å². The fourth-order valence-corrected chi connectivity index (χ4v) is 3.61. The highest BCUT2D eigenvalue weighted by atomic mass is 35.5. The summed E-state index contributed by atoms with van der Waals surface area (Å²) in [6.07, 6.45) is 4.26. The van der Waals surface area contributed by atoms with Crippen LogP contribution in [0.1, 0.15) is 27.8 Å². The molecule has 1 aliphatic rings. The third-order valence-electron chi connectivity index (χ3n) is 4.55. The third kappa shape index (κ3) is 2.83. The number of hydrogen-bond acceptors (Lipinski definition) is 1. The van der Waals surface area contributed by atoms with E-state index < -0.39 is 0 Å². The van der Waals surface area contributed by atoms with Crippen LogP contribution in [-0.2, 0) is 12.8 Å². The van der Waals surface area contributed by atoms with Crippen molar-refractivity contribution in [3.63, 3.8) is 0 Å². The molecule has 0 saturated carbocycles. The molecule has 0 bridgehead atoms. The van der Waals surface area contributed by atoms with Crippen LogP contribution in [0.25, 0.3) is 11.6 Å². The van der Waals surface area contributed by atoms with Crippen LogP contribution in [0.5, 0.6) is 0 Å². The molecule has 3 aromatic rings. The molecular formula is C22H18ClN. The van der Waals surface area contributed by atoms with Crippen LogP contribution in [0, 0.1) is 0 Å². The van der Waals surface area contributed by atoms with Gasteiger partial charge in [-0.05, 0) is 76.6 Å². The lowest BCUT2D eigenvalue weighted by Crippen LogP contribution is -1.93. The lowest BCUT2D eigenvalue weighted by atomic mass is 9.92. The second-order valence-corrected chi connectivity index (χ2v) is 6.62. The Kier molecular flexibility index (Phi) is 3.87. The van der Waals surface area contributed by atoms with Gasteiger partial charge in [0.15, 0.2) is 0 Å². The zero-order valence-corrected chi connectivity index (χ0v) is 14.1. The molecule has 4 rings (SSSR count). The largest absolute Gasteiger partial charge is 0.399 e. The van der Waals surface area contributed by atoms with E-state index in [0.717, 1.165) is 29.1 Å². The topological polar surface area (TPSA) is 26.0 Å². The number of hydrogen-bond donors (Lipinski definition) is 1. The van der Waals surface area contributed by atoms with Crippen molar-refractivity contribution >= 4 is 28.9 Å². The van der Waals surface area contributed by atoms with Crippen LogP contribution >= 0.6 is 11.6 Å². The van der Waals surface area contributed by atoms with Crippen molar-refractivity contribution < 1.29 is 0 Å². The molecule has 0 aromatic heterocycles. The fourth-order valence-electron chi connectivity index (χ4n) is 3.42. The molecule has 2 N–H and O–H groups in total. The summed E-state index contributed by atoms with van der Waals surface area (Å²) < 4.78 is 0. The van der Waals surface area contributed by atoms with Gasteiger partial charge in [-0.25, -0.2) is 0 Å². The van der Waals surface area contributed by atoms with Crippen LogP contribution in [0.3, 0.4) is 0 Å². The van der Waals surface area contributed by atoms with E-state index in [1.165, 1.54) is 27.8 Å². The van der Waals surface area contributed by atoms with Gasteiger partial charge in [-0.2, -0.15) is 0 Å². The van der Waals surface area contributed by atoms with Gasteiger partial charge in [0.05, 0.1) is 0 Å². The van der Waals surface area contributed by atoms with Crippen molar-refractivity contribution in [3.05, 3.63) is 99.6 Å². The first-order chi connectivity index (χ1) is 11.7. The molecule has 0 saturated heterocycles. The minimum atomic E-state index is 0.780. The zero-order valence-electron chi connectivity index (χ0n) is 13.3. The molecule has 3 aromatic carbocycles. The number of aryl methyl sites for hydroxylation is 2. The molecule has 1 nitrogen and oxygen atoms in total. The van der Waals surface area contributed by atoms with Crippen molar-refractivity contribution in [1.29, 1.82) is 0 Å². The molecule has 0 amide bonds. The smallest absolute Gasteiger partial charge is 0.0409 e. The number of benzene rings is 3. The van der Waals surface area contributed by atoms with E-state index in [4.69, 9.17) is 17.3 Å². The highest BCUT2D eigenvalue weighted by Gasteiger charge is 2.18. The molecule has 2 heteroatoms. The van der Waals surface area contributed by atoms with Crippen molar-refractivity contribution in [2.24, 2.45) is 0 Å². The average Bonchev–Trinajstić information content (AvgIpc) is 2.73. The first-order valence-corrected chi connectivity index (χ1v) is 8.53. The maximum atomic E-state index is 6.23. The van der Waals surface area contributed by atoms with Crippen LogP contribution < -0.4 is 5.73 Å². The van der Waals surface area contributed by atoms with E-state index in [1.54, 1.807) is 0 Å². The van der Waals surface area contributed by atoms with Gasteiger partial charge < -0.3 is 5.73 Å². The first-order valence-electron chi connectivity index (χ1n) is 8.15. The molecule has 0 heterocycles. The summed E-state index contributed by atoms with van der Waals surface area (Å²) in [6.45, 7) is 0. The summed E-state index contributed by atoms with van der Waals surface area (Å²) in [6, 6.07) is 22.8. The summed E-state index contributed by atoms with van der Waals surface area (Å²) >= 11 is 6.23. The predicted octanol–water partition coefficient (Wildman–Crippen LogP) is 5.61. The molecule has 0 radical (unpaired) electrons. The van der Waals surface area contributed by atoms with Gasteiger partial charge in [-0.15, -0.1) is 0 Å². The minimum Gasteiger partial charge on any atom is -0.399 e. The van der Waals surface area contributed by atoms with Gasteiger partial charge in [-0.3, -0.25) is 0 Å². The number of halogens is 1. The fraction of sp³-hybridized carbons (Fsp3) is 0.0909. The Morgan fingerprint density at radius 3 is 2.46 bits per heavy atom. The SMILES string of the molecule is Nc1cccc(/C=C2/c3ccccc3CCc3cc(Cl)ccc32)c1. The molecular weight excluding hydrogens is 314 g/mol. The van der Waals surface area contributed by atoms with Gasteiger partial charge in [0.25, 0.3) is 0 Å². The van der Waals surface area contributed by atoms with Crippen molar-refractivity contribution in [2.45, 2.75) is 12.8 Å². The summed E-state index contributed by atoms with van der Waals surface area (Å²) in [4.78, 5) is 0. The lowest BCUT2D eigenvalue weighted by molar-refractivity contribution is 0.965. The zero-order chi connectivity index (χ0) is 16.5. The summed E-state index contributed by atoms with van der Waals surface area (Å²) in [5, 5.41) is 0.794. The quantitative estimate of drug-likeness (QED) is 0.576. The van der Waals surface area contributed by atoms with E-state index in [1.807, 2.05) is 24.3 Å². The summed E-state index contributed by atoms with van der Waals surface area (Å²) in [7, 11) is 0. The normalized spacial score (nSPS) is 14.8. The number of anilines is 1. The molecule has 1 aliphatic carbocycles. The van der Waals surface area contributed by atoms with E-state index in [0.29, 0.717) is 0 Å². The Hall–Kier alpha value is -2.51. The maximum Gasteiger partial charge on any atom is 0.0409 e. The van der Waals surface area contributed by atoms with Crippen LogP contribution in [0.2, 0.25) is 5.02 Å². The van der Waals surface area contributed by atoms with Crippen molar-refractivity contribution in [1.82, 2.24) is 0 Å². The second kappa shape index (κ2) is 6.18. The molecule has 0 spiro atoms.